The molecule has 1 unspecified atom stereocenters. The van der Waals surface area contributed by atoms with E-state index in [9.17, 15) is 9.18 Å². The van der Waals surface area contributed by atoms with Gasteiger partial charge in [-0.1, -0.05) is 12.5 Å². The zero-order chi connectivity index (χ0) is 20.4. The summed E-state index contributed by atoms with van der Waals surface area (Å²) in [5, 5.41) is 8.25. The SMILES string of the molecule is COc1nc(C2C=CC(NCC3(c4ncccc4F)CCC3)=NN2)sc1C(N)=O. The highest BCUT2D eigenvalue weighted by atomic mass is 32.1. The van der Waals surface area contributed by atoms with Crippen LogP contribution in [0.25, 0.3) is 0 Å². The number of hydrazone groups is 1. The first kappa shape index (κ1) is 19.3. The zero-order valence-corrected chi connectivity index (χ0v) is 16.6. The van der Waals surface area contributed by atoms with Crippen LogP contribution in [0.1, 0.15) is 45.7 Å². The van der Waals surface area contributed by atoms with E-state index in [0.717, 1.165) is 19.3 Å². The number of carbonyl (C=O) groups is 1. The van der Waals surface area contributed by atoms with Crippen LogP contribution in [-0.4, -0.2) is 35.4 Å². The maximum atomic E-state index is 14.2. The number of nitrogens with one attached hydrogen (secondary N) is 2. The van der Waals surface area contributed by atoms with Gasteiger partial charge in [0.05, 0.1) is 12.8 Å². The van der Waals surface area contributed by atoms with Crippen LogP contribution in [-0.2, 0) is 5.41 Å². The molecular formula is C19H21FN6O2S. The van der Waals surface area contributed by atoms with Crippen molar-refractivity contribution in [2.75, 3.05) is 13.7 Å². The van der Waals surface area contributed by atoms with Gasteiger partial charge in [-0.25, -0.2) is 9.37 Å². The molecule has 3 heterocycles. The fraction of sp³-hybridized carbons (Fsp3) is 0.368. The van der Waals surface area contributed by atoms with Crippen molar-refractivity contribution in [3.05, 3.63) is 51.9 Å². The molecule has 1 aliphatic carbocycles. The van der Waals surface area contributed by atoms with Gasteiger partial charge in [-0.15, -0.1) is 11.3 Å². The number of amides is 1. The van der Waals surface area contributed by atoms with Crippen LogP contribution in [0.3, 0.4) is 0 Å². The molecule has 0 radical (unpaired) electrons. The summed E-state index contributed by atoms with van der Waals surface area (Å²) in [6.45, 7) is 0.549. The molecule has 2 aliphatic rings. The number of nitrogens with zero attached hydrogens (tertiary/aromatic N) is 3. The van der Waals surface area contributed by atoms with Gasteiger partial charge in [-0.2, -0.15) is 5.10 Å². The van der Waals surface area contributed by atoms with Gasteiger partial charge in [0.25, 0.3) is 5.91 Å². The number of pyridine rings is 1. The van der Waals surface area contributed by atoms with Crippen LogP contribution in [0.4, 0.5) is 4.39 Å². The first-order valence-corrected chi connectivity index (χ1v) is 10.0. The molecule has 0 bridgehead atoms. The van der Waals surface area contributed by atoms with Gasteiger partial charge in [0, 0.05) is 18.2 Å². The largest absolute Gasteiger partial charge is 0.480 e. The monoisotopic (exact) mass is 416 g/mol. The van der Waals surface area contributed by atoms with Gasteiger partial charge in [-0.05, 0) is 31.1 Å². The van der Waals surface area contributed by atoms with Crippen LogP contribution in [0.2, 0.25) is 0 Å². The second-order valence-corrected chi connectivity index (χ2v) is 8.07. The van der Waals surface area contributed by atoms with Crippen LogP contribution >= 0.6 is 11.3 Å². The van der Waals surface area contributed by atoms with Gasteiger partial charge in [0.15, 0.2) is 4.88 Å². The van der Waals surface area contributed by atoms with E-state index < -0.39 is 5.91 Å². The smallest absolute Gasteiger partial charge is 0.264 e. The Hall–Kier alpha value is -3.01. The predicted octanol–water partition coefficient (Wildman–Crippen LogP) is 2.01. The Bertz CT molecular complexity index is 985. The van der Waals surface area contributed by atoms with Crippen molar-refractivity contribution in [1.29, 1.82) is 0 Å². The number of primary amides is 1. The molecule has 1 fully saturated rings. The minimum atomic E-state index is -0.580. The summed E-state index contributed by atoms with van der Waals surface area (Å²) in [5.41, 5.74) is 8.56. The number of carbonyl (C=O) groups excluding carboxylic acids is 1. The lowest BCUT2D eigenvalue weighted by atomic mass is 9.66. The standard InChI is InChI=1S/C19H21FN6O2S/c1-28-17-14(16(21)27)29-18(24-17)12-5-6-13(26-25-12)23-10-19(7-3-8-19)15-11(20)4-2-9-22-15/h2,4-6,9,12,25H,3,7-8,10H2,1H3,(H2,21,27)(H,23,26). The van der Waals surface area contributed by atoms with Gasteiger partial charge in [-0.3, -0.25) is 15.2 Å². The number of rotatable bonds is 6. The Morgan fingerprint density at radius 1 is 1.52 bits per heavy atom. The molecule has 4 rings (SSSR count). The van der Waals surface area contributed by atoms with Gasteiger partial charge in [0.1, 0.15) is 22.7 Å². The van der Waals surface area contributed by atoms with E-state index in [2.05, 4.69) is 25.8 Å². The molecular weight excluding hydrogens is 395 g/mol. The summed E-state index contributed by atoms with van der Waals surface area (Å²) in [5.74, 6) is 0.00695. The summed E-state index contributed by atoms with van der Waals surface area (Å²) in [6.07, 6.45) is 8.17. The van der Waals surface area contributed by atoms with Crippen molar-refractivity contribution in [3.8, 4) is 5.88 Å². The van der Waals surface area contributed by atoms with E-state index in [4.69, 9.17) is 10.5 Å². The zero-order valence-electron chi connectivity index (χ0n) is 15.8. The highest BCUT2D eigenvalue weighted by molar-refractivity contribution is 7.14. The van der Waals surface area contributed by atoms with E-state index in [1.54, 1.807) is 12.3 Å². The number of nitrogens with two attached hydrogens (primary N) is 1. The highest BCUT2D eigenvalue weighted by Gasteiger charge is 2.42. The van der Waals surface area contributed by atoms with E-state index >= 15 is 0 Å². The number of halogens is 1. The fourth-order valence-corrected chi connectivity index (χ4v) is 4.44. The summed E-state index contributed by atoms with van der Waals surface area (Å²) < 4.78 is 19.3. The summed E-state index contributed by atoms with van der Waals surface area (Å²) >= 11 is 1.17. The Labute approximate surface area is 171 Å². The maximum Gasteiger partial charge on any atom is 0.264 e. The fourth-order valence-electron chi connectivity index (χ4n) is 3.53. The maximum absolute atomic E-state index is 14.2. The number of aromatic nitrogens is 2. The average Bonchev–Trinajstić information content (AvgIpc) is 3.14. The third-order valence-electron chi connectivity index (χ3n) is 5.25. The lowest BCUT2D eigenvalue weighted by Gasteiger charge is -2.41. The number of methoxy groups -OCH3 is 1. The van der Waals surface area contributed by atoms with Crippen LogP contribution < -0.4 is 21.2 Å². The van der Waals surface area contributed by atoms with Crippen molar-refractivity contribution in [1.82, 2.24) is 20.7 Å². The minimum Gasteiger partial charge on any atom is -0.480 e. The van der Waals surface area contributed by atoms with Gasteiger partial charge >= 0.3 is 0 Å². The minimum absolute atomic E-state index is 0.213. The molecule has 0 saturated heterocycles. The normalized spacial score (nSPS) is 19.7. The van der Waals surface area contributed by atoms with Crippen LogP contribution in [0.5, 0.6) is 5.88 Å². The number of hydrogen-bond acceptors (Lipinski definition) is 8. The molecule has 8 nitrogen and oxygen atoms in total. The summed E-state index contributed by atoms with van der Waals surface area (Å²) in [6, 6.07) is 2.77. The van der Waals surface area contributed by atoms with Crippen molar-refractivity contribution < 1.29 is 13.9 Å². The van der Waals surface area contributed by atoms with Gasteiger partial charge < -0.3 is 15.8 Å². The van der Waals surface area contributed by atoms with Crippen molar-refractivity contribution in [2.45, 2.75) is 30.7 Å². The molecule has 2 aromatic heterocycles. The van der Waals surface area contributed by atoms with E-state index in [1.165, 1.54) is 24.5 Å². The third kappa shape index (κ3) is 3.67. The second-order valence-electron chi connectivity index (χ2n) is 7.04. The highest BCUT2D eigenvalue weighted by Crippen LogP contribution is 2.43. The first-order chi connectivity index (χ1) is 14.0. The molecule has 29 heavy (non-hydrogen) atoms. The first-order valence-electron chi connectivity index (χ1n) is 9.23. The number of thiazole rings is 1. The Kier molecular flexibility index (Phi) is 5.18. The second kappa shape index (κ2) is 7.78. The Morgan fingerprint density at radius 3 is 2.90 bits per heavy atom. The summed E-state index contributed by atoms with van der Waals surface area (Å²) in [7, 11) is 1.44. The molecule has 1 aliphatic heterocycles. The molecule has 10 heteroatoms. The number of ether oxygens (including phenoxy) is 1. The van der Waals surface area contributed by atoms with Crippen molar-refractivity contribution in [2.24, 2.45) is 10.8 Å². The molecule has 1 atom stereocenters. The Morgan fingerprint density at radius 2 is 2.34 bits per heavy atom. The van der Waals surface area contributed by atoms with E-state index in [0.29, 0.717) is 23.1 Å². The van der Waals surface area contributed by atoms with Crippen LogP contribution in [0, 0.1) is 5.82 Å². The topological polar surface area (TPSA) is 115 Å². The van der Waals surface area contributed by atoms with E-state index in [1.807, 2.05) is 12.2 Å². The lowest BCUT2D eigenvalue weighted by Crippen LogP contribution is -2.47. The molecule has 1 saturated carbocycles. The molecule has 152 valence electrons. The third-order valence-corrected chi connectivity index (χ3v) is 6.38. The van der Waals surface area contributed by atoms with Crippen molar-refractivity contribution in [3.63, 3.8) is 0 Å². The molecule has 0 spiro atoms. The lowest BCUT2D eigenvalue weighted by molar-refractivity contribution is 0.100. The van der Waals surface area contributed by atoms with Crippen molar-refractivity contribution >= 4 is 23.1 Å². The number of amidine groups is 1. The molecule has 0 aromatic carbocycles. The predicted molar refractivity (Wildman–Crippen MR) is 107 cm³/mol. The quantitative estimate of drug-likeness (QED) is 0.664. The van der Waals surface area contributed by atoms with Gasteiger partial charge in [0.2, 0.25) is 5.88 Å². The van der Waals surface area contributed by atoms with E-state index in [-0.39, 0.29) is 28.0 Å². The van der Waals surface area contributed by atoms with Crippen LogP contribution in [0.15, 0.2) is 35.6 Å². The average molecular weight is 416 g/mol. The molecule has 1 amide bonds. The summed E-state index contributed by atoms with van der Waals surface area (Å²) in [4.78, 5) is 20.3. The Balaban J connectivity index is 1.42. The molecule has 4 N–H and O–H groups in total. The molecule has 2 aromatic rings. The number of hydrogen-bond donors (Lipinski definition) is 3.